The summed E-state index contributed by atoms with van der Waals surface area (Å²) in [5, 5.41) is 4.48. The van der Waals surface area contributed by atoms with Gasteiger partial charge in [0.05, 0.1) is 18.2 Å². The lowest BCUT2D eigenvalue weighted by Crippen LogP contribution is -2.23. The van der Waals surface area contributed by atoms with Gasteiger partial charge in [-0.25, -0.2) is 0 Å². The Labute approximate surface area is 210 Å². The first-order valence-electron chi connectivity index (χ1n) is 12.1. The third-order valence-electron chi connectivity index (χ3n) is 5.93. The average Bonchev–Trinajstić information content (AvgIpc) is 3.38. The van der Waals surface area contributed by atoms with Crippen LogP contribution in [0.3, 0.4) is 0 Å². The molecule has 4 aromatic rings. The van der Waals surface area contributed by atoms with Crippen molar-refractivity contribution in [3.63, 3.8) is 0 Å². The molecule has 0 atom stereocenters. The van der Waals surface area contributed by atoms with E-state index in [0.29, 0.717) is 33.4 Å². The van der Waals surface area contributed by atoms with Gasteiger partial charge in [-0.1, -0.05) is 88.6 Å². The lowest BCUT2D eigenvalue weighted by atomic mass is 9.87. The highest BCUT2D eigenvalue weighted by Gasteiger charge is 2.16. The normalized spacial score (nSPS) is 12.4. The molecule has 2 heterocycles. The van der Waals surface area contributed by atoms with Crippen molar-refractivity contribution in [1.29, 1.82) is 0 Å². The van der Waals surface area contributed by atoms with Crippen LogP contribution in [0, 0.1) is 0 Å². The lowest BCUT2D eigenvalue weighted by molar-refractivity contribution is 0.285. The molecule has 0 radical (unpaired) electrons. The van der Waals surface area contributed by atoms with Gasteiger partial charge < -0.3 is 9.47 Å². The summed E-state index contributed by atoms with van der Waals surface area (Å²) in [6.07, 6.45) is 6.44. The number of thiazole rings is 1. The summed E-state index contributed by atoms with van der Waals surface area (Å²) in [6, 6.07) is 13.9. The molecule has 6 nitrogen and oxygen atoms in total. The standard InChI is InChI=1S/C28H33N3O3S/c1-6-7-8-9-16-34-22-15-10-19(17-23(22)33-5)18-24-26(32)31-27(35-24)29-25(30-31)20-11-13-21(14-12-20)28(2,3)4/h10-15,17-18H,6-9,16H2,1-5H3. The summed E-state index contributed by atoms with van der Waals surface area (Å²) < 4.78 is 13.4. The fourth-order valence-electron chi connectivity index (χ4n) is 3.83. The van der Waals surface area contributed by atoms with E-state index in [9.17, 15) is 4.79 Å². The smallest absolute Gasteiger partial charge is 0.291 e. The van der Waals surface area contributed by atoms with Crippen molar-refractivity contribution in [2.75, 3.05) is 13.7 Å². The van der Waals surface area contributed by atoms with Gasteiger partial charge in [0.2, 0.25) is 4.96 Å². The predicted molar refractivity (Wildman–Crippen MR) is 143 cm³/mol. The highest BCUT2D eigenvalue weighted by atomic mass is 32.1. The number of rotatable bonds is 9. The van der Waals surface area contributed by atoms with Gasteiger partial charge in [0.15, 0.2) is 17.3 Å². The van der Waals surface area contributed by atoms with E-state index >= 15 is 0 Å². The van der Waals surface area contributed by atoms with Crippen molar-refractivity contribution in [3.05, 3.63) is 68.5 Å². The van der Waals surface area contributed by atoms with E-state index in [2.05, 4.69) is 49.9 Å². The second-order valence-corrected chi connectivity index (χ2v) is 10.7. The summed E-state index contributed by atoms with van der Waals surface area (Å²) >= 11 is 1.33. The number of aromatic nitrogens is 3. The fraction of sp³-hybridized carbons (Fsp3) is 0.393. The van der Waals surface area contributed by atoms with Crippen LogP contribution in [0.15, 0.2) is 47.3 Å². The van der Waals surface area contributed by atoms with E-state index in [1.807, 2.05) is 36.4 Å². The monoisotopic (exact) mass is 491 g/mol. The molecular formula is C28H33N3O3S. The van der Waals surface area contributed by atoms with Gasteiger partial charge in [-0.05, 0) is 41.2 Å². The second-order valence-electron chi connectivity index (χ2n) is 9.69. The molecule has 0 bridgehead atoms. The molecule has 0 aliphatic carbocycles. The summed E-state index contributed by atoms with van der Waals surface area (Å²) in [5.74, 6) is 1.93. The van der Waals surface area contributed by atoms with Crippen molar-refractivity contribution in [1.82, 2.24) is 14.6 Å². The molecule has 0 aliphatic heterocycles. The third-order valence-corrected chi connectivity index (χ3v) is 6.89. The molecule has 0 saturated heterocycles. The van der Waals surface area contributed by atoms with Crippen LogP contribution in [0.2, 0.25) is 0 Å². The summed E-state index contributed by atoms with van der Waals surface area (Å²) in [6.45, 7) is 9.40. The van der Waals surface area contributed by atoms with E-state index in [1.165, 1.54) is 34.3 Å². The molecule has 0 spiro atoms. The molecule has 35 heavy (non-hydrogen) atoms. The minimum atomic E-state index is -0.176. The van der Waals surface area contributed by atoms with E-state index < -0.39 is 0 Å². The molecule has 4 rings (SSSR count). The molecule has 7 heteroatoms. The molecule has 184 valence electrons. The Morgan fingerprint density at radius 1 is 1.03 bits per heavy atom. The molecule has 2 aromatic carbocycles. The topological polar surface area (TPSA) is 65.7 Å². The van der Waals surface area contributed by atoms with Crippen LogP contribution < -0.4 is 19.6 Å². The highest BCUT2D eigenvalue weighted by Crippen LogP contribution is 2.29. The second kappa shape index (κ2) is 10.6. The Morgan fingerprint density at radius 2 is 1.80 bits per heavy atom. The first-order chi connectivity index (χ1) is 16.8. The molecule has 0 unspecified atom stereocenters. The quantitative estimate of drug-likeness (QED) is 0.284. The van der Waals surface area contributed by atoms with Crippen molar-refractivity contribution in [2.24, 2.45) is 0 Å². The van der Waals surface area contributed by atoms with Crippen molar-refractivity contribution in [2.45, 2.75) is 58.8 Å². The van der Waals surface area contributed by atoms with Crippen LogP contribution in [0.1, 0.15) is 64.5 Å². The maximum absolute atomic E-state index is 13.0. The maximum atomic E-state index is 13.0. The first kappa shape index (κ1) is 24.9. The number of hydrogen-bond acceptors (Lipinski definition) is 6. The van der Waals surface area contributed by atoms with Gasteiger partial charge in [0.25, 0.3) is 5.56 Å². The Balaban J connectivity index is 1.56. The number of benzene rings is 2. The Bertz CT molecular complexity index is 1400. The van der Waals surface area contributed by atoms with E-state index in [1.54, 1.807) is 7.11 Å². The number of nitrogens with zero attached hydrogens (tertiary/aromatic N) is 3. The number of unbranched alkanes of at least 4 members (excludes halogenated alkanes) is 3. The van der Waals surface area contributed by atoms with Crippen LogP contribution in [0.25, 0.3) is 22.4 Å². The fourth-order valence-corrected chi connectivity index (χ4v) is 4.74. The van der Waals surface area contributed by atoms with Crippen LogP contribution in [-0.4, -0.2) is 28.3 Å². The zero-order chi connectivity index (χ0) is 25.0. The average molecular weight is 492 g/mol. The van der Waals surface area contributed by atoms with Crippen LogP contribution >= 0.6 is 11.3 Å². The van der Waals surface area contributed by atoms with Crippen LogP contribution in [0.4, 0.5) is 0 Å². The van der Waals surface area contributed by atoms with Crippen LogP contribution in [0.5, 0.6) is 11.5 Å². The Morgan fingerprint density at radius 3 is 2.46 bits per heavy atom. The number of methoxy groups -OCH3 is 1. The van der Waals surface area contributed by atoms with Crippen molar-refractivity contribution in [3.8, 4) is 22.9 Å². The molecule has 0 amide bonds. The first-order valence-corrected chi connectivity index (χ1v) is 12.9. The van der Waals surface area contributed by atoms with E-state index in [4.69, 9.17) is 9.47 Å². The largest absolute Gasteiger partial charge is 0.493 e. The SMILES string of the molecule is CCCCCCOc1ccc(C=c2sc3nc(-c4ccc(C(C)(C)C)cc4)nn3c2=O)cc1OC. The minimum absolute atomic E-state index is 0.0784. The third kappa shape index (κ3) is 5.73. The summed E-state index contributed by atoms with van der Waals surface area (Å²) in [5.41, 5.74) is 2.90. The Hall–Kier alpha value is -3.19. The molecule has 0 N–H and O–H groups in total. The molecule has 0 saturated carbocycles. The van der Waals surface area contributed by atoms with E-state index in [-0.39, 0.29) is 11.0 Å². The molecule has 0 aliphatic rings. The molecule has 2 aromatic heterocycles. The zero-order valence-corrected chi connectivity index (χ0v) is 21.9. The number of hydrogen-bond donors (Lipinski definition) is 0. The van der Waals surface area contributed by atoms with Gasteiger partial charge in [-0.15, -0.1) is 5.10 Å². The summed E-state index contributed by atoms with van der Waals surface area (Å²) in [7, 11) is 1.63. The summed E-state index contributed by atoms with van der Waals surface area (Å²) in [4.78, 5) is 18.2. The minimum Gasteiger partial charge on any atom is -0.493 e. The van der Waals surface area contributed by atoms with Gasteiger partial charge in [0, 0.05) is 5.56 Å². The van der Waals surface area contributed by atoms with Crippen molar-refractivity contribution < 1.29 is 9.47 Å². The van der Waals surface area contributed by atoms with Gasteiger partial charge >= 0.3 is 0 Å². The molecule has 0 fully saturated rings. The number of fused-ring (bicyclic) bond motifs is 1. The maximum Gasteiger partial charge on any atom is 0.291 e. The van der Waals surface area contributed by atoms with Gasteiger partial charge in [0.1, 0.15) is 0 Å². The number of ether oxygens (including phenoxy) is 2. The van der Waals surface area contributed by atoms with Gasteiger partial charge in [-0.3, -0.25) is 4.79 Å². The van der Waals surface area contributed by atoms with Crippen LogP contribution in [-0.2, 0) is 5.41 Å². The zero-order valence-electron chi connectivity index (χ0n) is 21.1. The Kier molecular flexibility index (Phi) is 7.55. The van der Waals surface area contributed by atoms with E-state index in [0.717, 1.165) is 24.0 Å². The lowest BCUT2D eigenvalue weighted by Gasteiger charge is -2.18. The van der Waals surface area contributed by atoms with Crippen molar-refractivity contribution >= 4 is 22.4 Å². The molecular weight excluding hydrogens is 458 g/mol. The highest BCUT2D eigenvalue weighted by molar-refractivity contribution is 7.15. The van der Waals surface area contributed by atoms with Gasteiger partial charge in [-0.2, -0.15) is 9.50 Å². The predicted octanol–water partition coefficient (Wildman–Crippen LogP) is 5.63.